The first kappa shape index (κ1) is 17.7. The van der Waals surface area contributed by atoms with Gasteiger partial charge in [0.25, 0.3) is 5.91 Å². The largest absolute Gasteiger partial charge is 0.307 e. The van der Waals surface area contributed by atoms with E-state index < -0.39 is 0 Å². The van der Waals surface area contributed by atoms with Crippen molar-refractivity contribution >= 4 is 29.0 Å². The van der Waals surface area contributed by atoms with Crippen molar-refractivity contribution in [3.63, 3.8) is 0 Å². The molecule has 0 bridgehead atoms. The summed E-state index contributed by atoms with van der Waals surface area (Å²) in [5, 5.41) is 7.50. The fourth-order valence-corrected chi connectivity index (χ4v) is 2.73. The Bertz CT molecular complexity index is 1240. The van der Waals surface area contributed by atoms with E-state index in [-0.39, 0.29) is 5.91 Å². The zero-order chi connectivity index (χ0) is 19.5. The van der Waals surface area contributed by atoms with Crippen LogP contribution in [-0.2, 0) is 0 Å². The first-order chi connectivity index (χ1) is 13.6. The Hall–Kier alpha value is -3.69. The van der Waals surface area contributed by atoms with Gasteiger partial charge in [-0.2, -0.15) is 5.10 Å². The molecule has 4 aromatic rings. The number of rotatable bonds is 2. The lowest BCUT2D eigenvalue weighted by molar-refractivity contribution is 0.102. The molecule has 0 spiro atoms. The molecule has 3 heterocycles. The molecular formula is C21H14ClN5O. The average molecular weight is 388 g/mol. The lowest BCUT2D eigenvalue weighted by Crippen LogP contribution is -2.13. The second-order valence-corrected chi connectivity index (χ2v) is 6.47. The summed E-state index contributed by atoms with van der Waals surface area (Å²) in [6, 6.07) is 12.4. The van der Waals surface area contributed by atoms with Crippen LogP contribution < -0.4 is 5.32 Å². The highest BCUT2D eigenvalue weighted by Gasteiger charge is 2.09. The number of aryl methyl sites for hydroxylation is 1. The van der Waals surface area contributed by atoms with Crippen molar-refractivity contribution in [1.82, 2.24) is 19.6 Å². The molecule has 0 radical (unpaired) electrons. The number of amides is 1. The number of carbonyl (C=O) groups is 1. The SMILES string of the molecule is Cc1ccc(C(=O)Nc2ccccn2)cc1C#Cc1cnc2cc(Cl)cnn12. The number of fused-ring (bicyclic) bond motifs is 1. The molecule has 0 unspecified atom stereocenters. The van der Waals surface area contributed by atoms with Gasteiger partial charge in [-0.3, -0.25) is 4.79 Å². The summed E-state index contributed by atoms with van der Waals surface area (Å²) >= 11 is 5.93. The quantitative estimate of drug-likeness (QED) is 0.532. The first-order valence-electron chi connectivity index (χ1n) is 8.44. The average Bonchev–Trinajstić information content (AvgIpc) is 3.10. The van der Waals surface area contributed by atoms with Gasteiger partial charge in [0.15, 0.2) is 5.65 Å². The van der Waals surface area contributed by atoms with Crippen molar-refractivity contribution in [2.75, 3.05) is 5.32 Å². The number of anilines is 1. The van der Waals surface area contributed by atoms with Crippen molar-refractivity contribution in [3.8, 4) is 11.8 Å². The summed E-state index contributed by atoms with van der Waals surface area (Å²) in [6.07, 6.45) is 4.80. The third-order valence-corrected chi connectivity index (χ3v) is 4.27. The van der Waals surface area contributed by atoms with E-state index in [1.54, 1.807) is 47.2 Å². The molecule has 1 aromatic carbocycles. The minimum absolute atomic E-state index is 0.243. The number of halogens is 1. The standard InChI is InChI=1S/C21H14ClN5O/c1-14-5-6-16(21(28)26-19-4-2-3-9-23-19)10-15(14)7-8-18-13-24-20-11-17(22)12-25-27(18)20/h2-6,9-13H,1H3,(H,23,26,28). The zero-order valence-electron chi connectivity index (χ0n) is 14.8. The van der Waals surface area contributed by atoms with Crippen LogP contribution in [0.5, 0.6) is 0 Å². The lowest BCUT2D eigenvalue weighted by atomic mass is 10.0. The lowest BCUT2D eigenvalue weighted by Gasteiger charge is -2.06. The second kappa shape index (κ2) is 7.51. The number of hydrogen-bond donors (Lipinski definition) is 1. The molecule has 0 aliphatic heterocycles. The van der Waals surface area contributed by atoms with Gasteiger partial charge in [0, 0.05) is 23.4 Å². The van der Waals surface area contributed by atoms with E-state index in [9.17, 15) is 4.79 Å². The zero-order valence-corrected chi connectivity index (χ0v) is 15.6. The summed E-state index contributed by atoms with van der Waals surface area (Å²) in [5.41, 5.74) is 3.47. The number of carbonyl (C=O) groups excluding carboxylic acids is 1. The van der Waals surface area contributed by atoms with Gasteiger partial charge in [0.1, 0.15) is 11.5 Å². The van der Waals surface area contributed by atoms with E-state index >= 15 is 0 Å². The van der Waals surface area contributed by atoms with Crippen molar-refractivity contribution in [1.29, 1.82) is 0 Å². The Morgan fingerprint density at radius 3 is 2.82 bits per heavy atom. The Morgan fingerprint density at radius 1 is 1.11 bits per heavy atom. The molecule has 0 aliphatic rings. The fraction of sp³-hybridized carbons (Fsp3) is 0.0476. The maximum Gasteiger partial charge on any atom is 0.256 e. The Labute approximate surface area is 166 Å². The van der Waals surface area contributed by atoms with Crippen LogP contribution >= 0.6 is 11.6 Å². The number of benzene rings is 1. The highest BCUT2D eigenvalue weighted by Crippen LogP contribution is 2.14. The number of nitrogens with one attached hydrogen (secondary N) is 1. The fourth-order valence-electron chi connectivity index (χ4n) is 2.59. The van der Waals surface area contributed by atoms with Gasteiger partial charge in [-0.15, -0.1) is 0 Å². The predicted octanol–water partition coefficient (Wildman–Crippen LogP) is 3.74. The summed E-state index contributed by atoms with van der Waals surface area (Å²) in [4.78, 5) is 20.8. The highest BCUT2D eigenvalue weighted by atomic mass is 35.5. The van der Waals surface area contributed by atoms with Crippen LogP contribution in [0.15, 0.2) is 61.1 Å². The van der Waals surface area contributed by atoms with Crippen molar-refractivity contribution in [2.45, 2.75) is 6.92 Å². The number of nitrogens with zero attached hydrogens (tertiary/aromatic N) is 4. The Morgan fingerprint density at radius 2 is 2.00 bits per heavy atom. The molecule has 28 heavy (non-hydrogen) atoms. The van der Waals surface area contributed by atoms with Crippen LogP contribution in [0.25, 0.3) is 5.65 Å². The van der Waals surface area contributed by atoms with Crippen molar-refractivity contribution < 1.29 is 4.79 Å². The van der Waals surface area contributed by atoms with Crippen LogP contribution in [-0.4, -0.2) is 25.5 Å². The Balaban J connectivity index is 1.63. The first-order valence-corrected chi connectivity index (χ1v) is 8.82. The van der Waals surface area contributed by atoms with Crippen LogP contribution in [0.2, 0.25) is 5.02 Å². The maximum atomic E-state index is 12.5. The number of aromatic nitrogens is 4. The molecule has 0 atom stereocenters. The van der Waals surface area contributed by atoms with Crippen molar-refractivity contribution in [3.05, 3.63) is 88.5 Å². The summed E-state index contributed by atoms with van der Waals surface area (Å²) in [5.74, 6) is 6.42. The summed E-state index contributed by atoms with van der Waals surface area (Å²) in [6.45, 7) is 1.94. The van der Waals surface area contributed by atoms with Gasteiger partial charge in [0.2, 0.25) is 0 Å². The third-order valence-electron chi connectivity index (χ3n) is 4.06. The van der Waals surface area contributed by atoms with E-state index in [0.29, 0.717) is 27.7 Å². The predicted molar refractivity (Wildman–Crippen MR) is 107 cm³/mol. The van der Waals surface area contributed by atoms with Crippen LogP contribution in [0, 0.1) is 18.8 Å². The van der Waals surface area contributed by atoms with Gasteiger partial charge in [-0.05, 0) is 42.7 Å². The van der Waals surface area contributed by atoms with E-state index in [1.165, 1.54) is 6.20 Å². The minimum Gasteiger partial charge on any atom is -0.307 e. The molecule has 7 heteroatoms. The van der Waals surface area contributed by atoms with Gasteiger partial charge in [-0.25, -0.2) is 14.5 Å². The molecular weight excluding hydrogens is 374 g/mol. The smallest absolute Gasteiger partial charge is 0.256 e. The van der Waals surface area contributed by atoms with E-state index in [2.05, 4.69) is 32.2 Å². The normalized spacial score (nSPS) is 10.4. The third kappa shape index (κ3) is 3.70. The molecule has 0 aliphatic carbocycles. The molecule has 6 nitrogen and oxygen atoms in total. The van der Waals surface area contributed by atoms with E-state index in [0.717, 1.165) is 11.1 Å². The maximum absolute atomic E-state index is 12.5. The van der Waals surface area contributed by atoms with Gasteiger partial charge in [-0.1, -0.05) is 29.7 Å². The van der Waals surface area contributed by atoms with Crippen LogP contribution in [0.4, 0.5) is 5.82 Å². The van der Waals surface area contributed by atoms with Crippen molar-refractivity contribution in [2.24, 2.45) is 0 Å². The summed E-state index contributed by atoms with van der Waals surface area (Å²) < 4.78 is 1.62. The molecule has 136 valence electrons. The van der Waals surface area contributed by atoms with Crippen LogP contribution in [0.1, 0.15) is 27.2 Å². The molecule has 0 fully saturated rings. The highest BCUT2D eigenvalue weighted by molar-refractivity contribution is 6.30. The summed E-state index contributed by atoms with van der Waals surface area (Å²) in [7, 11) is 0. The molecule has 1 amide bonds. The van der Waals surface area contributed by atoms with Gasteiger partial charge in [0.05, 0.1) is 17.4 Å². The van der Waals surface area contributed by atoms with Gasteiger partial charge < -0.3 is 5.32 Å². The van der Waals surface area contributed by atoms with E-state index in [4.69, 9.17) is 11.6 Å². The second-order valence-electron chi connectivity index (χ2n) is 6.04. The molecule has 1 N–H and O–H groups in total. The monoisotopic (exact) mass is 387 g/mol. The number of hydrogen-bond acceptors (Lipinski definition) is 4. The Kier molecular flexibility index (Phi) is 4.75. The van der Waals surface area contributed by atoms with Crippen LogP contribution in [0.3, 0.4) is 0 Å². The number of pyridine rings is 1. The number of imidazole rings is 1. The minimum atomic E-state index is -0.243. The molecule has 4 rings (SSSR count). The van der Waals surface area contributed by atoms with E-state index in [1.807, 2.05) is 19.1 Å². The van der Waals surface area contributed by atoms with Gasteiger partial charge >= 0.3 is 0 Å². The molecule has 3 aromatic heterocycles. The molecule has 0 saturated heterocycles. The topological polar surface area (TPSA) is 72.2 Å². The molecule has 0 saturated carbocycles.